The smallest absolute Gasteiger partial charge is 0.184 e. The van der Waals surface area contributed by atoms with Crippen LogP contribution in [0.15, 0.2) is 42.9 Å². The summed E-state index contributed by atoms with van der Waals surface area (Å²) in [7, 11) is -0.692. The van der Waals surface area contributed by atoms with Crippen LogP contribution in [0.1, 0.15) is 32.2 Å². The largest absolute Gasteiger partial charge is 0.382 e. The summed E-state index contributed by atoms with van der Waals surface area (Å²) in [4.78, 5) is 20.8. The van der Waals surface area contributed by atoms with Crippen molar-refractivity contribution in [2.45, 2.75) is 32.9 Å². The van der Waals surface area contributed by atoms with Crippen LogP contribution in [0.5, 0.6) is 0 Å². The summed E-state index contributed by atoms with van der Waals surface area (Å²) < 4.78 is 12.8. The molecule has 0 radical (unpaired) electrons. The van der Waals surface area contributed by atoms with Crippen LogP contribution in [-0.2, 0) is 22.9 Å². The van der Waals surface area contributed by atoms with Gasteiger partial charge in [0.15, 0.2) is 11.0 Å². The topological polar surface area (TPSA) is 116 Å². The lowest BCUT2D eigenvalue weighted by atomic mass is 10.0. The Kier molecular flexibility index (Phi) is 8.10. The van der Waals surface area contributed by atoms with Crippen molar-refractivity contribution >= 4 is 37.5 Å². The Bertz CT molecular complexity index is 1420. The molecule has 1 aliphatic rings. The Hall–Kier alpha value is -2.83. The predicted molar refractivity (Wildman–Crippen MR) is 154 cm³/mol. The van der Waals surface area contributed by atoms with Gasteiger partial charge in [0.25, 0.3) is 0 Å². The Morgan fingerprint density at radius 1 is 1.11 bits per heavy atom. The lowest BCUT2D eigenvalue weighted by Crippen LogP contribution is -2.37. The molecule has 0 bridgehead atoms. The SMILES string of the molecule is CCNCNc1nc2cc(-c3cnc(C(C)(C)O)nc3)cc(-c3cc(CN4CCS(=O)CC4)ccn3)c2s1. The van der Waals surface area contributed by atoms with E-state index in [1.165, 1.54) is 5.56 Å². The normalized spacial score (nSPS) is 15.3. The summed E-state index contributed by atoms with van der Waals surface area (Å²) in [6.07, 6.45) is 5.34. The number of thiazole rings is 1. The summed E-state index contributed by atoms with van der Waals surface area (Å²) in [6, 6.07) is 8.36. The first kappa shape index (κ1) is 26.8. The molecule has 0 atom stereocenters. The maximum Gasteiger partial charge on any atom is 0.184 e. The Balaban J connectivity index is 1.53. The van der Waals surface area contributed by atoms with Crippen molar-refractivity contribution < 1.29 is 9.32 Å². The minimum Gasteiger partial charge on any atom is -0.382 e. The van der Waals surface area contributed by atoms with E-state index in [1.54, 1.807) is 37.6 Å². The quantitative estimate of drug-likeness (QED) is 0.212. The van der Waals surface area contributed by atoms with Gasteiger partial charge in [0.05, 0.1) is 22.6 Å². The lowest BCUT2D eigenvalue weighted by molar-refractivity contribution is 0.0687. The minimum atomic E-state index is -1.11. The van der Waals surface area contributed by atoms with Crippen LogP contribution in [0.25, 0.3) is 32.6 Å². The second-order valence-corrected chi connectivity index (χ2v) is 12.6. The van der Waals surface area contributed by atoms with Crippen molar-refractivity contribution in [1.29, 1.82) is 0 Å². The summed E-state index contributed by atoms with van der Waals surface area (Å²) >= 11 is 1.61. The van der Waals surface area contributed by atoms with Crippen molar-refractivity contribution in [1.82, 2.24) is 30.2 Å². The number of aliphatic hydroxyl groups is 1. The number of hydrogen-bond acceptors (Lipinski definition) is 10. The maximum absolute atomic E-state index is 11.8. The molecule has 0 saturated carbocycles. The van der Waals surface area contributed by atoms with Crippen LogP contribution < -0.4 is 10.6 Å². The van der Waals surface area contributed by atoms with Crippen LogP contribution in [0, 0.1) is 0 Å². The van der Waals surface area contributed by atoms with E-state index in [0.29, 0.717) is 12.5 Å². The molecular weight excluding hydrogens is 518 g/mol. The first-order chi connectivity index (χ1) is 18.3. The number of rotatable bonds is 9. The average Bonchev–Trinajstić information content (AvgIpc) is 3.32. The third-order valence-corrected chi connectivity index (χ3v) is 8.75. The number of nitrogens with one attached hydrogen (secondary N) is 2. The van der Waals surface area contributed by atoms with Gasteiger partial charge in [-0.15, -0.1) is 0 Å². The lowest BCUT2D eigenvalue weighted by Gasteiger charge is -2.26. The van der Waals surface area contributed by atoms with Gasteiger partial charge in [-0.1, -0.05) is 18.3 Å². The summed E-state index contributed by atoms with van der Waals surface area (Å²) in [6.45, 7) is 9.42. The molecule has 200 valence electrons. The van der Waals surface area contributed by atoms with Crippen LogP contribution in [0.2, 0.25) is 0 Å². The molecule has 3 aromatic heterocycles. The molecule has 4 aromatic rings. The standard InChI is InChI=1S/C27H33N7O2S2/c1-4-28-17-32-26-33-23-13-19(20-14-30-25(31-15-20)27(2,3)35)12-21(24(23)37-26)22-11-18(5-6-29-22)16-34-7-9-38(36)10-8-34/h5-6,11-15,28,35H,4,7-10,16-17H2,1-3H3,(H,32,33). The molecule has 0 amide bonds. The molecule has 0 aliphatic carbocycles. The third kappa shape index (κ3) is 6.24. The molecule has 0 spiro atoms. The van der Waals surface area contributed by atoms with Gasteiger partial charge >= 0.3 is 0 Å². The van der Waals surface area contributed by atoms with Crippen molar-refractivity contribution in [2.75, 3.05) is 43.1 Å². The fourth-order valence-corrected chi connectivity index (χ4v) is 6.43. The molecule has 0 unspecified atom stereocenters. The highest BCUT2D eigenvalue weighted by Gasteiger charge is 2.20. The zero-order valence-corrected chi connectivity index (χ0v) is 23.5. The van der Waals surface area contributed by atoms with Crippen molar-refractivity contribution in [3.05, 3.63) is 54.2 Å². The van der Waals surface area contributed by atoms with Crippen LogP contribution >= 0.6 is 11.3 Å². The zero-order chi connectivity index (χ0) is 26.7. The van der Waals surface area contributed by atoms with Crippen molar-refractivity contribution in [3.8, 4) is 22.4 Å². The number of pyridine rings is 1. The van der Waals surface area contributed by atoms with Gasteiger partial charge in [-0.25, -0.2) is 15.0 Å². The summed E-state index contributed by atoms with van der Waals surface area (Å²) in [5, 5.41) is 17.7. The van der Waals surface area contributed by atoms with Gasteiger partial charge in [0.1, 0.15) is 5.60 Å². The van der Waals surface area contributed by atoms with Crippen molar-refractivity contribution in [2.24, 2.45) is 0 Å². The maximum atomic E-state index is 11.8. The van der Waals surface area contributed by atoms with E-state index in [9.17, 15) is 9.32 Å². The summed E-state index contributed by atoms with van der Waals surface area (Å²) in [5.74, 6) is 1.85. The van der Waals surface area contributed by atoms with Crippen LogP contribution in [0.4, 0.5) is 5.13 Å². The van der Waals surface area contributed by atoms with Crippen LogP contribution in [-0.4, -0.2) is 72.0 Å². The van der Waals surface area contributed by atoms with Gasteiger partial charge in [0.2, 0.25) is 0 Å². The molecule has 11 heteroatoms. The van der Waals surface area contributed by atoms with E-state index in [1.807, 2.05) is 12.3 Å². The molecule has 1 fully saturated rings. The van der Waals surface area contributed by atoms with Gasteiger partial charge in [-0.05, 0) is 55.8 Å². The second kappa shape index (κ2) is 11.5. The molecule has 9 nitrogen and oxygen atoms in total. The predicted octanol–water partition coefficient (Wildman–Crippen LogP) is 3.59. The van der Waals surface area contributed by atoms with Gasteiger partial charge < -0.3 is 15.7 Å². The second-order valence-electron chi connectivity index (χ2n) is 9.88. The fraction of sp³-hybridized carbons (Fsp3) is 0.407. The molecule has 5 rings (SSSR count). The average molecular weight is 552 g/mol. The van der Waals surface area contributed by atoms with Gasteiger partial charge in [-0.2, -0.15) is 0 Å². The summed E-state index contributed by atoms with van der Waals surface area (Å²) in [5.41, 5.74) is 4.60. The number of fused-ring (bicyclic) bond motifs is 1. The fourth-order valence-electron chi connectivity index (χ4n) is 4.33. The van der Waals surface area contributed by atoms with E-state index >= 15 is 0 Å². The number of nitrogens with zero attached hydrogens (tertiary/aromatic N) is 5. The van der Waals surface area contributed by atoms with E-state index in [4.69, 9.17) is 9.97 Å². The molecule has 3 N–H and O–H groups in total. The number of aromatic nitrogens is 4. The number of benzene rings is 1. The highest BCUT2D eigenvalue weighted by atomic mass is 32.2. The van der Waals surface area contributed by atoms with Gasteiger partial charge in [0, 0.05) is 71.7 Å². The molecule has 1 aromatic carbocycles. The highest BCUT2D eigenvalue weighted by molar-refractivity contribution is 7.85. The van der Waals surface area contributed by atoms with Crippen molar-refractivity contribution in [3.63, 3.8) is 0 Å². The Morgan fingerprint density at radius 2 is 1.87 bits per heavy atom. The third-order valence-electron chi connectivity index (χ3n) is 6.41. The first-order valence-corrected chi connectivity index (χ1v) is 15.1. The number of hydrogen-bond donors (Lipinski definition) is 3. The van der Waals surface area contributed by atoms with E-state index < -0.39 is 16.4 Å². The van der Waals surface area contributed by atoms with Crippen LogP contribution in [0.3, 0.4) is 0 Å². The molecular formula is C27H33N7O2S2. The van der Waals surface area contributed by atoms with Gasteiger partial charge in [-0.3, -0.25) is 14.1 Å². The monoisotopic (exact) mass is 551 g/mol. The molecule has 1 saturated heterocycles. The number of anilines is 1. The van der Waals surface area contributed by atoms with E-state index in [0.717, 1.165) is 75.4 Å². The Labute approximate surface area is 229 Å². The molecule has 4 heterocycles. The Morgan fingerprint density at radius 3 is 2.58 bits per heavy atom. The molecule has 38 heavy (non-hydrogen) atoms. The van der Waals surface area contributed by atoms with E-state index in [-0.39, 0.29) is 0 Å². The zero-order valence-electron chi connectivity index (χ0n) is 21.9. The highest BCUT2D eigenvalue weighted by Crippen LogP contribution is 2.38. The first-order valence-electron chi connectivity index (χ1n) is 12.8. The molecule has 1 aliphatic heterocycles. The van der Waals surface area contributed by atoms with E-state index in [2.05, 4.69) is 50.6 Å². The minimum absolute atomic E-state index is 0.377.